The van der Waals surface area contributed by atoms with Crippen LogP contribution < -0.4 is 0 Å². The van der Waals surface area contributed by atoms with Crippen LogP contribution >= 0.6 is 0 Å². The molecule has 0 saturated carbocycles. The van der Waals surface area contributed by atoms with Crippen molar-refractivity contribution in [3.63, 3.8) is 0 Å². The van der Waals surface area contributed by atoms with E-state index in [1.54, 1.807) is 6.07 Å². The standard InChI is InChI=1S/C17H13FO2/c1-10-3-4-11(2)14(7-10)17(19)16-9-12-8-13(18)5-6-15(12)20-16/h3-9H,1-2H3. The van der Waals surface area contributed by atoms with Gasteiger partial charge >= 0.3 is 0 Å². The fourth-order valence-corrected chi connectivity index (χ4v) is 2.24. The van der Waals surface area contributed by atoms with Gasteiger partial charge in [-0.3, -0.25) is 4.79 Å². The Morgan fingerprint density at radius 3 is 2.65 bits per heavy atom. The number of hydrogen-bond acceptors (Lipinski definition) is 2. The molecule has 0 radical (unpaired) electrons. The van der Waals surface area contributed by atoms with Crippen LogP contribution in [0.2, 0.25) is 0 Å². The molecule has 0 fully saturated rings. The van der Waals surface area contributed by atoms with E-state index in [1.807, 2.05) is 32.0 Å². The van der Waals surface area contributed by atoms with Gasteiger partial charge in [0.05, 0.1) is 0 Å². The molecule has 0 aliphatic rings. The van der Waals surface area contributed by atoms with Crippen LogP contribution in [-0.2, 0) is 0 Å². The molecule has 100 valence electrons. The lowest BCUT2D eigenvalue weighted by molar-refractivity contribution is 0.101. The van der Waals surface area contributed by atoms with Crippen LogP contribution in [-0.4, -0.2) is 5.78 Å². The number of aryl methyl sites for hydroxylation is 2. The maximum Gasteiger partial charge on any atom is 0.228 e. The van der Waals surface area contributed by atoms with Crippen molar-refractivity contribution >= 4 is 16.8 Å². The van der Waals surface area contributed by atoms with E-state index in [0.717, 1.165) is 11.1 Å². The molecule has 2 nitrogen and oxygen atoms in total. The molecule has 0 aliphatic carbocycles. The topological polar surface area (TPSA) is 30.2 Å². The van der Waals surface area contributed by atoms with Crippen molar-refractivity contribution in [1.82, 2.24) is 0 Å². The van der Waals surface area contributed by atoms with Gasteiger partial charge < -0.3 is 4.42 Å². The summed E-state index contributed by atoms with van der Waals surface area (Å²) in [6.45, 7) is 3.82. The third kappa shape index (κ3) is 2.11. The number of ketones is 1. The van der Waals surface area contributed by atoms with Crippen molar-refractivity contribution in [3.8, 4) is 0 Å². The van der Waals surface area contributed by atoms with Crippen LogP contribution in [0.4, 0.5) is 4.39 Å². The molecule has 0 atom stereocenters. The quantitative estimate of drug-likeness (QED) is 0.644. The smallest absolute Gasteiger partial charge is 0.228 e. The maximum absolute atomic E-state index is 13.2. The van der Waals surface area contributed by atoms with Crippen LogP contribution in [0.5, 0.6) is 0 Å². The van der Waals surface area contributed by atoms with E-state index in [0.29, 0.717) is 16.5 Å². The number of rotatable bonds is 2. The fourth-order valence-electron chi connectivity index (χ4n) is 2.24. The van der Waals surface area contributed by atoms with Crippen molar-refractivity contribution in [2.24, 2.45) is 0 Å². The highest BCUT2D eigenvalue weighted by Crippen LogP contribution is 2.23. The average molecular weight is 268 g/mol. The molecule has 3 rings (SSSR count). The Morgan fingerprint density at radius 1 is 1.05 bits per heavy atom. The van der Waals surface area contributed by atoms with Crippen molar-refractivity contribution in [3.05, 3.63) is 70.7 Å². The lowest BCUT2D eigenvalue weighted by atomic mass is 10.0. The van der Waals surface area contributed by atoms with E-state index in [9.17, 15) is 9.18 Å². The van der Waals surface area contributed by atoms with Crippen LogP contribution in [0.3, 0.4) is 0 Å². The highest BCUT2D eigenvalue weighted by molar-refractivity contribution is 6.09. The van der Waals surface area contributed by atoms with E-state index < -0.39 is 0 Å². The number of halogens is 1. The second kappa shape index (κ2) is 4.60. The van der Waals surface area contributed by atoms with Gasteiger partial charge in [-0.2, -0.15) is 0 Å². The summed E-state index contributed by atoms with van der Waals surface area (Å²) in [5.74, 6) is -0.286. The Kier molecular flexibility index (Phi) is 2.90. The molecule has 0 spiro atoms. The summed E-state index contributed by atoms with van der Waals surface area (Å²) in [5.41, 5.74) is 3.04. The summed E-state index contributed by atoms with van der Waals surface area (Å²) in [4.78, 5) is 12.5. The lowest BCUT2D eigenvalue weighted by Crippen LogP contribution is -2.02. The van der Waals surface area contributed by atoms with Gasteiger partial charge in [-0.05, 0) is 49.7 Å². The Morgan fingerprint density at radius 2 is 1.85 bits per heavy atom. The number of fused-ring (bicyclic) bond motifs is 1. The molecule has 0 N–H and O–H groups in total. The zero-order valence-corrected chi connectivity index (χ0v) is 11.2. The first-order valence-electron chi connectivity index (χ1n) is 6.35. The van der Waals surface area contributed by atoms with Crippen molar-refractivity contribution in [1.29, 1.82) is 0 Å². The Labute approximate surface area is 115 Å². The van der Waals surface area contributed by atoms with Crippen molar-refractivity contribution in [2.45, 2.75) is 13.8 Å². The Balaban J connectivity index is 2.10. The van der Waals surface area contributed by atoms with Gasteiger partial charge in [0.15, 0.2) is 5.76 Å². The highest BCUT2D eigenvalue weighted by Gasteiger charge is 2.17. The first-order valence-corrected chi connectivity index (χ1v) is 6.35. The summed E-state index contributed by atoms with van der Waals surface area (Å²) < 4.78 is 18.7. The molecule has 0 bridgehead atoms. The minimum Gasteiger partial charge on any atom is -0.453 e. The molecule has 3 heteroatoms. The van der Waals surface area contributed by atoms with E-state index in [4.69, 9.17) is 4.42 Å². The van der Waals surface area contributed by atoms with Crippen LogP contribution in [0, 0.1) is 19.7 Å². The van der Waals surface area contributed by atoms with Crippen LogP contribution in [0.15, 0.2) is 46.9 Å². The van der Waals surface area contributed by atoms with E-state index in [-0.39, 0.29) is 17.4 Å². The molecule has 0 unspecified atom stereocenters. The predicted molar refractivity (Wildman–Crippen MR) is 75.5 cm³/mol. The molecule has 3 aromatic rings. The number of furan rings is 1. The number of carbonyl (C=O) groups is 1. The number of carbonyl (C=O) groups excluding carboxylic acids is 1. The predicted octanol–water partition coefficient (Wildman–Crippen LogP) is 4.42. The summed E-state index contributed by atoms with van der Waals surface area (Å²) >= 11 is 0. The SMILES string of the molecule is Cc1ccc(C)c(C(=O)c2cc3cc(F)ccc3o2)c1. The first-order chi connectivity index (χ1) is 9.54. The minimum absolute atomic E-state index is 0.178. The van der Waals surface area contributed by atoms with Gasteiger partial charge in [0.1, 0.15) is 11.4 Å². The first kappa shape index (κ1) is 12.6. The zero-order valence-electron chi connectivity index (χ0n) is 11.2. The summed E-state index contributed by atoms with van der Waals surface area (Å²) in [5, 5.41) is 0.596. The van der Waals surface area contributed by atoms with E-state index in [1.165, 1.54) is 18.2 Å². The molecule has 0 amide bonds. The van der Waals surface area contributed by atoms with Gasteiger partial charge in [-0.1, -0.05) is 17.7 Å². The summed E-state index contributed by atoms with van der Waals surface area (Å²) in [7, 11) is 0. The van der Waals surface area contributed by atoms with E-state index in [2.05, 4.69) is 0 Å². The van der Waals surface area contributed by atoms with Gasteiger partial charge in [0.25, 0.3) is 0 Å². The third-order valence-corrected chi connectivity index (χ3v) is 3.34. The fraction of sp³-hybridized carbons (Fsp3) is 0.118. The molecule has 20 heavy (non-hydrogen) atoms. The van der Waals surface area contributed by atoms with E-state index >= 15 is 0 Å². The monoisotopic (exact) mass is 268 g/mol. The summed E-state index contributed by atoms with van der Waals surface area (Å²) in [6.07, 6.45) is 0. The molecular weight excluding hydrogens is 255 g/mol. The van der Waals surface area contributed by atoms with Crippen molar-refractivity contribution < 1.29 is 13.6 Å². The second-order valence-electron chi connectivity index (χ2n) is 4.94. The van der Waals surface area contributed by atoms with Gasteiger partial charge in [-0.15, -0.1) is 0 Å². The average Bonchev–Trinajstić information content (AvgIpc) is 2.83. The lowest BCUT2D eigenvalue weighted by Gasteiger charge is -2.03. The molecule has 1 aromatic heterocycles. The summed E-state index contributed by atoms with van der Waals surface area (Å²) in [6, 6.07) is 11.5. The zero-order chi connectivity index (χ0) is 14.3. The van der Waals surface area contributed by atoms with Crippen LogP contribution in [0.25, 0.3) is 11.0 Å². The Hall–Kier alpha value is -2.42. The minimum atomic E-state index is -0.343. The van der Waals surface area contributed by atoms with Gasteiger partial charge in [0.2, 0.25) is 5.78 Å². The second-order valence-corrected chi connectivity index (χ2v) is 4.94. The highest BCUT2D eigenvalue weighted by atomic mass is 19.1. The number of benzene rings is 2. The van der Waals surface area contributed by atoms with Crippen molar-refractivity contribution in [2.75, 3.05) is 0 Å². The molecule has 0 saturated heterocycles. The van der Waals surface area contributed by atoms with Gasteiger partial charge in [-0.25, -0.2) is 4.39 Å². The third-order valence-electron chi connectivity index (χ3n) is 3.34. The van der Waals surface area contributed by atoms with Gasteiger partial charge in [0, 0.05) is 10.9 Å². The molecule has 1 heterocycles. The molecule has 0 aliphatic heterocycles. The number of hydrogen-bond donors (Lipinski definition) is 0. The normalized spacial score (nSPS) is 10.9. The molecule has 2 aromatic carbocycles. The largest absolute Gasteiger partial charge is 0.453 e. The maximum atomic E-state index is 13.2. The Bertz CT molecular complexity index is 815. The molecular formula is C17H13FO2. The van der Waals surface area contributed by atoms with Crippen LogP contribution in [0.1, 0.15) is 27.2 Å².